The van der Waals surface area contributed by atoms with E-state index < -0.39 is 100 Å². The summed E-state index contributed by atoms with van der Waals surface area (Å²) in [6.07, 6.45) is -3.60. The minimum atomic E-state index is -1.35. The van der Waals surface area contributed by atoms with Gasteiger partial charge in [-0.15, -0.1) is 0 Å². The van der Waals surface area contributed by atoms with E-state index in [0.717, 1.165) is 9.80 Å². The summed E-state index contributed by atoms with van der Waals surface area (Å²) < 4.78 is 1.10. The highest BCUT2D eigenvalue weighted by Crippen LogP contribution is 2.38. The van der Waals surface area contributed by atoms with Crippen molar-refractivity contribution in [2.45, 2.75) is 25.0 Å². The highest BCUT2D eigenvalue weighted by molar-refractivity contribution is 14.1. The fourth-order valence-electron chi connectivity index (χ4n) is 5.20. The molecule has 0 radical (unpaired) electrons. The molecule has 2 atom stereocenters. The third-order valence-electron chi connectivity index (χ3n) is 8.02. The van der Waals surface area contributed by atoms with Gasteiger partial charge in [-0.25, -0.2) is 0 Å². The maximum absolute atomic E-state index is 13.9. The molecule has 2 unspecified atom stereocenters. The van der Waals surface area contributed by atoms with Crippen LogP contribution in [0, 0.1) is 21.4 Å². The average molecular weight is 1520 g/mol. The second kappa shape index (κ2) is 27.6. The molecule has 12 N–H and O–H groups in total. The molecule has 2 rings (SSSR count). The zero-order chi connectivity index (χ0) is 45.4. The molecule has 0 aromatic heterocycles. The Balaban J connectivity index is 2.58. The van der Waals surface area contributed by atoms with E-state index in [1.54, 1.807) is 90.4 Å². The number of hydrogen-bond donors (Lipinski definition) is 12. The minimum absolute atomic E-state index is 0.0245. The average Bonchev–Trinajstić information content (AvgIpc) is 3.20. The van der Waals surface area contributed by atoms with Gasteiger partial charge in [0.1, 0.15) is 0 Å². The number of aliphatic hydroxyl groups excluding tert-OH is 8. The summed E-state index contributed by atoms with van der Waals surface area (Å²) in [5.41, 5.74) is -0.102. The molecule has 0 spiro atoms. The maximum Gasteiger partial charge on any atom is 0.256 e. The molecule has 0 saturated carbocycles. The Morgan fingerprint density at radius 3 is 1.08 bits per heavy atom. The Morgan fingerprint density at radius 1 is 0.483 bits per heavy atom. The number of benzene rings is 2. The number of anilines is 2. The summed E-state index contributed by atoms with van der Waals surface area (Å²) in [4.78, 5) is 83.7. The quantitative estimate of drug-likeness (QED) is 0.0636. The van der Waals surface area contributed by atoms with Crippen LogP contribution in [-0.4, -0.2) is 177 Å². The van der Waals surface area contributed by atoms with Gasteiger partial charge in [-0.3, -0.25) is 28.8 Å². The minimum Gasteiger partial charge on any atom is -0.395 e. The van der Waals surface area contributed by atoms with Gasteiger partial charge in [0.25, 0.3) is 23.6 Å². The van der Waals surface area contributed by atoms with Gasteiger partial charge in [-0.1, -0.05) is 0 Å². The molecular formula is C34H42I6N6O14. The van der Waals surface area contributed by atoms with Crippen LogP contribution in [0.3, 0.4) is 0 Å². The zero-order valence-corrected chi connectivity index (χ0v) is 44.2. The van der Waals surface area contributed by atoms with E-state index in [2.05, 4.69) is 21.3 Å². The van der Waals surface area contributed by atoms with E-state index in [1.807, 2.05) is 45.2 Å². The normalized spacial score (nSPS) is 12.0. The first-order valence-electron chi connectivity index (χ1n) is 17.5. The number of carbonyl (C=O) groups is 6. The van der Waals surface area contributed by atoms with Crippen molar-refractivity contribution in [1.29, 1.82) is 0 Å². The van der Waals surface area contributed by atoms with E-state index >= 15 is 0 Å². The molecule has 0 heterocycles. The summed E-state index contributed by atoms with van der Waals surface area (Å²) in [6.45, 7) is -4.62. The first-order chi connectivity index (χ1) is 28.4. The van der Waals surface area contributed by atoms with Gasteiger partial charge >= 0.3 is 0 Å². The lowest BCUT2D eigenvalue weighted by atomic mass is 10.1. The van der Waals surface area contributed by atoms with Crippen molar-refractivity contribution in [2.24, 2.45) is 0 Å². The Morgan fingerprint density at radius 2 is 0.800 bits per heavy atom. The lowest BCUT2D eigenvalue weighted by Crippen LogP contribution is -2.41. The van der Waals surface area contributed by atoms with Crippen molar-refractivity contribution in [3.8, 4) is 0 Å². The molecule has 0 bridgehead atoms. The lowest BCUT2D eigenvalue weighted by molar-refractivity contribution is -0.121. The monoisotopic (exact) mass is 1520 g/mol. The number of nitrogens with zero attached hydrogens (tertiary/aromatic N) is 2. The third-order valence-corrected chi connectivity index (χ3v) is 14.5. The first kappa shape index (κ1) is 55.5. The second-order valence-corrected chi connectivity index (χ2v) is 18.8. The fourth-order valence-corrected chi connectivity index (χ4v) is 14.0. The largest absolute Gasteiger partial charge is 0.395 e. The Labute approximate surface area is 425 Å². The van der Waals surface area contributed by atoms with Crippen molar-refractivity contribution >= 4 is 182 Å². The van der Waals surface area contributed by atoms with E-state index in [1.165, 1.54) is 0 Å². The maximum atomic E-state index is 13.9. The summed E-state index contributed by atoms with van der Waals surface area (Å²) in [5, 5.41) is 87.3. The van der Waals surface area contributed by atoms with Crippen molar-refractivity contribution in [2.75, 3.05) is 89.5 Å². The van der Waals surface area contributed by atoms with Crippen LogP contribution in [0.2, 0.25) is 0 Å². The van der Waals surface area contributed by atoms with Crippen LogP contribution in [0.25, 0.3) is 0 Å². The van der Waals surface area contributed by atoms with E-state index in [-0.39, 0.29) is 94.3 Å². The van der Waals surface area contributed by atoms with Gasteiger partial charge in [0.2, 0.25) is 11.8 Å². The SMILES string of the molecule is O=C(CCC(=O)Nc1c(I)c(C(=O)NCCO)c(I)c(C(=O)N(CCO)CC(O)CO)c1I)Nc1c(I)c(C(=O)NCCO)c(I)c(C(=O)N(CCO)CC(O)CO)c1I. The van der Waals surface area contributed by atoms with Gasteiger partial charge in [-0.05, 0) is 136 Å². The predicted molar refractivity (Wildman–Crippen MR) is 267 cm³/mol. The molecule has 334 valence electrons. The van der Waals surface area contributed by atoms with E-state index in [0.29, 0.717) is 0 Å². The fraction of sp³-hybridized carbons (Fsp3) is 0.471. The molecule has 0 aliphatic heterocycles. The number of amides is 6. The molecule has 6 amide bonds. The number of nitrogens with one attached hydrogen (secondary N) is 4. The molecular weight excluding hydrogens is 1480 g/mol. The molecule has 0 saturated heterocycles. The molecule has 0 aliphatic carbocycles. The number of rotatable bonds is 23. The van der Waals surface area contributed by atoms with Crippen LogP contribution in [0.1, 0.15) is 54.3 Å². The number of halogens is 6. The standard InChI is InChI=1S/C34H42I6N6O14/c35-23-19(31(57)41-3-7-47)25(37)29(27(39)21(23)33(59)45(5-9-49)11-15(53)13-51)43-17(55)1-2-18(56)44-30-26(38)20(32(58)42-4-8-48)24(36)22(28(30)40)34(60)46(6-10-50)12-16(54)14-52/h15-16,47-54H,1-14H2,(H,41,57)(H,42,58)(H,43,55)(H,44,56). The van der Waals surface area contributed by atoms with Gasteiger partial charge < -0.3 is 71.9 Å². The zero-order valence-electron chi connectivity index (χ0n) is 31.2. The number of carbonyl (C=O) groups excluding carboxylic acids is 6. The Bertz CT molecular complexity index is 1780. The van der Waals surface area contributed by atoms with Crippen molar-refractivity contribution in [3.05, 3.63) is 43.7 Å². The number of hydrogen-bond acceptors (Lipinski definition) is 14. The Hall–Kier alpha value is -0.680. The van der Waals surface area contributed by atoms with Gasteiger partial charge in [0, 0.05) is 59.3 Å². The highest BCUT2D eigenvalue weighted by atomic mass is 127. The summed E-state index contributed by atoms with van der Waals surface area (Å²) in [7, 11) is 0. The van der Waals surface area contributed by atoms with Crippen LogP contribution >= 0.6 is 136 Å². The lowest BCUT2D eigenvalue weighted by Gasteiger charge is -2.27. The third kappa shape index (κ3) is 14.9. The highest BCUT2D eigenvalue weighted by Gasteiger charge is 2.33. The van der Waals surface area contributed by atoms with Gasteiger partial charge in [0.15, 0.2) is 0 Å². The molecule has 2 aromatic carbocycles. The molecule has 0 aliphatic rings. The van der Waals surface area contributed by atoms with Gasteiger partial charge in [-0.2, -0.15) is 0 Å². The predicted octanol–water partition coefficient (Wildman–Crippen LogP) is -0.309. The van der Waals surface area contributed by atoms with Crippen LogP contribution in [-0.2, 0) is 9.59 Å². The van der Waals surface area contributed by atoms with Crippen LogP contribution < -0.4 is 21.3 Å². The summed E-state index contributed by atoms with van der Waals surface area (Å²) >= 11 is 10.8. The van der Waals surface area contributed by atoms with Gasteiger partial charge in [0.05, 0.1) is 99.8 Å². The molecule has 0 fully saturated rings. The molecule has 26 heteroatoms. The summed E-state index contributed by atoms with van der Waals surface area (Å²) in [6, 6.07) is 0. The second-order valence-electron chi connectivity index (χ2n) is 12.3. The van der Waals surface area contributed by atoms with E-state index in [9.17, 15) is 69.6 Å². The van der Waals surface area contributed by atoms with Crippen LogP contribution in [0.15, 0.2) is 0 Å². The van der Waals surface area contributed by atoms with E-state index in [4.69, 9.17) is 0 Å². The molecule has 2 aromatic rings. The molecule has 60 heavy (non-hydrogen) atoms. The van der Waals surface area contributed by atoms with Crippen molar-refractivity contribution in [3.63, 3.8) is 0 Å². The van der Waals surface area contributed by atoms with Crippen LogP contribution in [0.5, 0.6) is 0 Å². The topological polar surface area (TPSA) is 319 Å². The smallest absolute Gasteiger partial charge is 0.256 e. The Kier molecular flexibility index (Phi) is 25.5. The molecule has 20 nitrogen and oxygen atoms in total. The first-order valence-corrected chi connectivity index (χ1v) is 24.0. The van der Waals surface area contributed by atoms with Crippen LogP contribution in [0.4, 0.5) is 11.4 Å². The summed E-state index contributed by atoms with van der Waals surface area (Å²) in [5.74, 6) is -4.29. The van der Waals surface area contributed by atoms with Crippen molar-refractivity contribution in [1.82, 2.24) is 20.4 Å². The van der Waals surface area contributed by atoms with Crippen molar-refractivity contribution < 1.29 is 69.6 Å². The number of aliphatic hydroxyl groups is 8.